The first-order valence-corrected chi connectivity index (χ1v) is 11.8. The number of carbonyl (C=O) groups is 2. The number of nitrogens with one attached hydrogen (secondary N) is 2. The molecule has 0 saturated carbocycles. The summed E-state index contributed by atoms with van der Waals surface area (Å²) in [6, 6.07) is 23.3. The normalized spacial score (nSPS) is 10.2. The lowest BCUT2D eigenvalue weighted by atomic mass is 10.1. The van der Waals surface area contributed by atoms with Crippen LogP contribution in [0.25, 0.3) is 0 Å². The summed E-state index contributed by atoms with van der Waals surface area (Å²) in [7, 11) is 0. The molecular weight excluding hydrogens is 462 g/mol. The van der Waals surface area contributed by atoms with Crippen LogP contribution >= 0.6 is 12.2 Å². The van der Waals surface area contributed by atoms with Crippen molar-refractivity contribution >= 4 is 34.8 Å². The number of benzene rings is 3. The zero-order valence-electron chi connectivity index (χ0n) is 19.8. The molecule has 2 amide bonds. The summed E-state index contributed by atoms with van der Waals surface area (Å²) in [5.41, 5.74) is 1.61. The molecule has 0 unspecified atom stereocenters. The van der Waals surface area contributed by atoms with Gasteiger partial charge in [0.1, 0.15) is 24.7 Å². The average molecular weight is 492 g/mol. The molecule has 0 spiro atoms. The number of amides is 2. The molecule has 35 heavy (non-hydrogen) atoms. The van der Waals surface area contributed by atoms with Crippen molar-refractivity contribution in [3.8, 4) is 11.5 Å². The third-order valence-corrected chi connectivity index (χ3v) is 5.36. The summed E-state index contributed by atoms with van der Waals surface area (Å²) >= 11 is 5.30. The summed E-state index contributed by atoms with van der Waals surface area (Å²) in [5, 5.41) is 5.78. The number of ether oxygens (including phenoxy) is 2. The van der Waals surface area contributed by atoms with Crippen molar-refractivity contribution in [2.24, 2.45) is 0 Å². The van der Waals surface area contributed by atoms with Gasteiger partial charge in [-0.15, -0.1) is 0 Å². The van der Waals surface area contributed by atoms with Gasteiger partial charge in [-0.25, -0.2) is 0 Å². The SMILES string of the molecule is CCN(CC)C(=O)c1ccc(NC(=S)NC(=O)c2ccccc2OCCOc2ccccc2)cc1. The van der Waals surface area contributed by atoms with Crippen LogP contribution in [0.1, 0.15) is 34.6 Å². The van der Waals surface area contributed by atoms with Gasteiger partial charge < -0.3 is 19.7 Å². The molecular formula is C27H29N3O4S. The number of hydrogen-bond acceptors (Lipinski definition) is 5. The molecule has 3 rings (SSSR count). The highest BCUT2D eigenvalue weighted by molar-refractivity contribution is 7.80. The van der Waals surface area contributed by atoms with Gasteiger partial charge in [-0.1, -0.05) is 30.3 Å². The molecule has 0 atom stereocenters. The number of rotatable bonds is 10. The van der Waals surface area contributed by atoms with E-state index < -0.39 is 5.91 Å². The number of para-hydroxylation sites is 2. The van der Waals surface area contributed by atoms with E-state index in [0.29, 0.717) is 42.3 Å². The Kier molecular flexibility index (Phi) is 9.62. The first-order chi connectivity index (χ1) is 17.0. The summed E-state index contributed by atoms with van der Waals surface area (Å²) in [6.45, 7) is 5.81. The van der Waals surface area contributed by atoms with Crippen molar-refractivity contribution in [2.75, 3.05) is 31.6 Å². The summed E-state index contributed by atoms with van der Waals surface area (Å²) < 4.78 is 11.4. The van der Waals surface area contributed by atoms with E-state index in [2.05, 4.69) is 10.6 Å². The van der Waals surface area contributed by atoms with Gasteiger partial charge in [-0.3, -0.25) is 14.9 Å². The maximum atomic E-state index is 12.8. The monoisotopic (exact) mass is 491 g/mol. The zero-order valence-corrected chi connectivity index (χ0v) is 20.6. The predicted octanol–water partition coefficient (Wildman–Crippen LogP) is 4.75. The van der Waals surface area contributed by atoms with Gasteiger partial charge in [0.15, 0.2) is 5.11 Å². The fourth-order valence-electron chi connectivity index (χ4n) is 3.33. The molecule has 8 heteroatoms. The Morgan fingerprint density at radius 3 is 2.14 bits per heavy atom. The molecule has 3 aromatic carbocycles. The van der Waals surface area contributed by atoms with E-state index in [1.165, 1.54) is 0 Å². The first kappa shape index (κ1) is 25.7. The molecule has 0 bridgehead atoms. The fraction of sp³-hybridized carbons (Fsp3) is 0.222. The van der Waals surface area contributed by atoms with Gasteiger partial charge in [0.2, 0.25) is 0 Å². The van der Waals surface area contributed by atoms with Crippen molar-refractivity contribution in [1.29, 1.82) is 0 Å². The van der Waals surface area contributed by atoms with Crippen LogP contribution < -0.4 is 20.1 Å². The third kappa shape index (κ3) is 7.55. The van der Waals surface area contributed by atoms with Crippen LogP contribution in [-0.4, -0.2) is 48.1 Å². The summed E-state index contributed by atoms with van der Waals surface area (Å²) in [6.07, 6.45) is 0. The molecule has 2 N–H and O–H groups in total. The number of carbonyl (C=O) groups excluding carboxylic acids is 2. The Labute approximate surface area is 211 Å². The van der Waals surface area contributed by atoms with E-state index in [-0.39, 0.29) is 17.6 Å². The van der Waals surface area contributed by atoms with E-state index in [9.17, 15) is 9.59 Å². The van der Waals surface area contributed by atoms with Crippen LogP contribution in [0, 0.1) is 0 Å². The Bertz CT molecular complexity index is 1130. The van der Waals surface area contributed by atoms with E-state index >= 15 is 0 Å². The topological polar surface area (TPSA) is 79.9 Å². The number of thiocarbonyl (C=S) groups is 1. The third-order valence-electron chi connectivity index (χ3n) is 5.15. The Hall–Kier alpha value is -3.91. The molecule has 7 nitrogen and oxygen atoms in total. The summed E-state index contributed by atoms with van der Waals surface area (Å²) in [5.74, 6) is 0.770. The van der Waals surface area contributed by atoms with Crippen LogP contribution in [0.3, 0.4) is 0 Å². The van der Waals surface area contributed by atoms with E-state index in [1.807, 2.05) is 44.2 Å². The molecule has 3 aromatic rings. The van der Waals surface area contributed by atoms with Gasteiger partial charge >= 0.3 is 0 Å². The highest BCUT2D eigenvalue weighted by atomic mass is 32.1. The molecule has 182 valence electrons. The van der Waals surface area contributed by atoms with Gasteiger partial charge in [-0.2, -0.15) is 0 Å². The van der Waals surface area contributed by atoms with Crippen molar-refractivity contribution in [3.05, 3.63) is 90.0 Å². The standard InChI is InChI=1S/C27H29N3O4S/c1-3-30(4-2)26(32)20-14-16-21(17-15-20)28-27(35)29-25(31)23-12-8-9-13-24(23)34-19-18-33-22-10-6-5-7-11-22/h5-17H,3-4,18-19H2,1-2H3,(H2,28,29,31,35). The van der Waals surface area contributed by atoms with Gasteiger partial charge in [0, 0.05) is 24.3 Å². The Morgan fingerprint density at radius 1 is 0.829 bits per heavy atom. The van der Waals surface area contributed by atoms with Crippen molar-refractivity contribution in [3.63, 3.8) is 0 Å². The number of nitrogens with zero attached hydrogens (tertiary/aromatic N) is 1. The van der Waals surface area contributed by atoms with E-state index in [1.54, 1.807) is 53.4 Å². The molecule has 0 heterocycles. The zero-order chi connectivity index (χ0) is 25.0. The minimum atomic E-state index is -0.393. The maximum absolute atomic E-state index is 12.8. The number of hydrogen-bond donors (Lipinski definition) is 2. The molecule has 0 radical (unpaired) electrons. The largest absolute Gasteiger partial charge is 0.490 e. The maximum Gasteiger partial charge on any atom is 0.261 e. The minimum Gasteiger partial charge on any atom is -0.490 e. The van der Waals surface area contributed by atoms with Crippen molar-refractivity contribution in [2.45, 2.75) is 13.8 Å². The lowest BCUT2D eigenvalue weighted by Crippen LogP contribution is -2.34. The molecule has 0 aromatic heterocycles. The quantitative estimate of drug-likeness (QED) is 0.315. The lowest BCUT2D eigenvalue weighted by molar-refractivity contribution is 0.0772. The van der Waals surface area contributed by atoms with Crippen LogP contribution in [0.15, 0.2) is 78.9 Å². The first-order valence-electron chi connectivity index (χ1n) is 11.4. The lowest BCUT2D eigenvalue weighted by Gasteiger charge is -2.18. The molecule has 0 aliphatic rings. The van der Waals surface area contributed by atoms with Gasteiger partial charge in [-0.05, 0) is 74.6 Å². The van der Waals surface area contributed by atoms with Gasteiger partial charge in [0.25, 0.3) is 11.8 Å². The highest BCUT2D eigenvalue weighted by Crippen LogP contribution is 2.18. The van der Waals surface area contributed by atoms with E-state index in [4.69, 9.17) is 21.7 Å². The van der Waals surface area contributed by atoms with Gasteiger partial charge in [0.05, 0.1) is 5.56 Å². The van der Waals surface area contributed by atoms with E-state index in [0.717, 1.165) is 5.75 Å². The molecule has 0 aliphatic carbocycles. The van der Waals surface area contributed by atoms with Crippen molar-refractivity contribution < 1.29 is 19.1 Å². The van der Waals surface area contributed by atoms with Crippen molar-refractivity contribution in [1.82, 2.24) is 10.2 Å². The highest BCUT2D eigenvalue weighted by Gasteiger charge is 2.15. The second-order valence-electron chi connectivity index (χ2n) is 7.47. The Morgan fingerprint density at radius 2 is 1.46 bits per heavy atom. The summed E-state index contributed by atoms with van der Waals surface area (Å²) in [4.78, 5) is 27.0. The van der Waals surface area contributed by atoms with Crippen LogP contribution in [-0.2, 0) is 0 Å². The van der Waals surface area contributed by atoms with Crippen LogP contribution in [0.4, 0.5) is 5.69 Å². The molecule has 0 saturated heterocycles. The Balaban J connectivity index is 1.53. The minimum absolute atomic E-state index is 0.0248. The smallest absolute Gasteiger partial charge is 0.261 e. The predicted molar refractivity (Wildman–Crippen MR) is 141 cm³/mol. The second kappa shape index (κ2) is 13.1. The second-order valence-corrected chi connectivity index (χ2v) is 7.88. The number of anilines is 1. The average Bonchev–Trinajstić information content (AvgIpc) is 2.88. The van der Waals surface area contributed by atoms with Crippen LogP contribution in [0.2, 0.25) is 0 Å². The molecule has 0 fully saturated rings. The van der Waals surface area contributed by atoms with Crippen LogP contribution in [0.5, 0.6) is 11.5 Å². The fourth-order valence-corrected chi connectivity index (χ4v) is 3.54. The molecule has 0 aliphatic heterocycles.